The summed E-state index contributed by atoms with van der Waals surface area (Å²) in [5, 5.41) is 7.33. The van der Waals surface area contributed by atoms with E-state index in [1.54, 1.807) is 0 Å². The van der Waals surface area contributed by atoms with Gasteiger partial charge in [0.15, 0.2) is 12.1 Å². The molecule has 1 aromatic rings. The lowest BCUT2D eigenvalue weighted by molar-refractivity contribution is 0.111. The first kappa shape index (κ1) is 6.92. The Morgan fingerprint density at radius 1 is 1.50 bits per heavy atom. The van der Waals surface area contributed by atoms with Crippen molar-refractivity contribution in [1.29, 1.82) is 0 Å². The molecule has 0 spiro atoms. The monoisotopic (exact) mass is 139 g/mol. The molecule has 1 heterocycles. The quantitative estimate of drug-likeness (QED) is 0.615. The third-order valence-electron chi connectivity index (χ3n) is 1.18. The molecular weight excluding hydrogens is 130 g/mol. The minimum absolute atomic E-state index is 0.293. The molecule has 0 saturated heterocycles. The highest BCUT2D eigenvalue weighted by atomic mass is 16.1. The first-order chi connectivity index (χ1) is 4.74. The highest BCUT2D eigenvalue weighted by Crippen LogP contribution is 2.06. The molecule has 1 N–H and O–H groups in total. The maximum atomic E-state index is 10.1. The molecule has 0 aliphatic rings. The molecule has 0 atom stereocenters. The van der Waals surface area contributed by atoms with Gasteiger partial charge in [-0.3, -0.25) is 4.79 Å². The van der Waals surface area contributed by atoms with Crippen LogP contribution >= 0.6 is 0 Å². The number of carbonyl (C=O) groups is 1. The predicted molar refractivity (Wildman–Crippen MR) is 35.9 cm³/mol. The van der Waals surface area contributed by atoms with Gasteiger partial charge in [0.2, 0.25) is 0 Å². The van der Waals surface area contributed by atoms with Crippen molar-refractivity contribution in [3.63, 3.8) is 0 Å². The van der Waals surface area contributed by atoms with Crippen molar-refractivity contribution in [3.05, 3.63) is 11.6 Å². The van der Waals surface area contributed by atoms with Crippen molar-refractivity contribution in [2.75, 3.05) is 0 Å². The zero-order valence-corrected chi connectivity index (χ0v) is 5.96. The molecule has 0 aliphatic carbocycles. The summed E-state index contributed by atoms with van der Waals surface area (Å²) in [6.07, 6.45) is 0.652. The second-order valence-electron chi connectivity index (χ2n) is 2.37. The number of rotatable bonds is 2. The molecule has 54 valence electrons. The van der Waals surface area contributed by atoms with E-state index in [9.17, 15) is 4.79 Å². The van der Waals surface area contributed by atoms with Crippen LogP contribution in [0.5, 0.6) is 0 Å². The molecule has 0 saturated carbocycles. The number of aldehydes is 1. The van der Waals surface area contributed by atoms with Gasteiger partial charge >= 0.3 is 0 Å². The minimum Gasteiger partial charge on any atom is -0.322 e. The number of aromatic nitrogens is 3. The Morgan fingerprint density at radius 3 is 2.50 bits per heavy atom. The Labute approximate surface area is 58.7 Å². The van der Waals surface area contributed by atoms with Gasteiger partial charge in [0.1, 0.15) is 5.82 Å². The van der Waals surface area contributed by atoms with Crippen molar-refractivity contribution in [1.82, 2.24) is 15.2 Å². The SMILES string of the molecule is CC(C)c1nnc(C=O)[nH]1. The molecule has 1 aromatic heterocycles. The Kier molecular flexibility index (Phi) is 1.80. The van der Waals surface area contributed by atoms with Crippen LogP contribution in [0, 0.1) is 0 Å². The fourth-order valence-electron chi connectivity index (χ4n) is 0.602. The van der Waals surface area contributed by atoms with Gasteiger partial charge in [-0.2, -0.15) is 0 Å². The molecule has 0 amide bonds. The van der Waals surface area contributed by atoms with E-state index in [1.165, 1.54) is 0 Å². The first-order valence-electron chi connectivity index (χ1n) is 3.11. The van der Waals surface area contributed by atoms with Crippen LogP contribution in [-0.2, 0) is 0 Å². The zero-order chi connectivity index (χ0) is 7.56. The summed E-state index contributed by atoms with van der Waals surface area (Å²) in [5.74, 6) is 1.34. The van der Waals surface area contributed by atoms with E-state index in [-0.39, 0.29) is 0 Å². The normalized spacial score (nSPS) is 10.3. The molecule has 1 rings (SSSR count). The zero-order valence-electron chi connectivity index (χ0n) is 5.96. The van der Waals surface area contributed by atoms with Crippen molar-refractivity contribution in [2.45, 2.75) is 19.8 Å². The highest BCUT2D eigenvalue weighted by molar-refractivity contribution is 5.68. The van der Waals surface area contributed by atoms with E-state index in [0.717, 1.165) is 5.82 Å². The smallest absolute Gasteiger partial charge is 0.194 e. The van der Waals surface area contributed by atoms with Crippen LogP contribution in [-0.4, -0.2) is 21.5 Å². The van der Waals surface area contributed by atoms with Crippen LogP contribution in [0.15, 0.2) is 0 Å². The fourth-order valence-corrected chi connectivity index (χ4v) is 0.602. The number of aromatic amines is 1. The summed E-state index contributed by atoms with van der Waals surface area (Å²) in [6.45, 7) is 3.96. The maximum absolute atomic E-state index is 10.1. The molecule has 0 bridgehead atoms. The molecule has 0 aliphatic heterocycles. The van der Waals surface area contributed by atoms with E-state index < -0.39 is 0 Å². The van der Waals surface area contributed by atoms with Gasteiger partial charge in [-0.15, -0.1) is 10.2 Å². The van der Waals surface area contributed by atoms with Crippen LogP contribution in [0.25, 0.3) is 0 Å². The molecular formula is C6H9N3O. The molecule has 0 unspecified atom stereocenters. The number of nitrogens with zero attached hydrogens (tertiary/aromatic N) is 2. The molecule has 0 radical (unpaired) electrons. The number of carbonyl (C=O) groups excluding carboxylic acids is 1. The average Bonchev–Trinajstić information content (AvgIpc) is 2.34. The van der Waals surface area contributed by atoms with Crippen LogP contribution in [0.3, 0.4) is 0 Å². The van der Waals surface area contributed by atoms with Crippen LogP contribution < -0.4 is 0 Å². The Morgan fingerprint density at radius 2 is 2.20 bits per heavy atom. The van der Waals surface area contributed by atoms with Crippen LogP contribution in [0.4, 0.5) is 0 Å². The van der Waals surface area contributed by atoms with Crippen molar-refractivity contribution >= 4 is 6.29 Å². The predicted octanol–water partition coefficient (Wildman–Crippen LogP) is 0.741. The van der Waals surface area contributed by atoms with E-state index in [1.807, 2.05) is 13.8 Å². The Bertz CT molecular complexity index is 229. The topological polar surface area (TPSA) is 58.6 Å². The largest absolute Gasteiger partial charge is 0.322 e. The van der Waals surface area contributed by atoms with Gasteiger partial charge < -0.3 is 4.98 Å². The average molecular weight is 139 g/mol. The van der Waals surface area contributed by atoms with Gasteiger partial charge in [0.25, 0.3) is 0 Å². The number of hydrogen-bond donors (Lipinski definition) is 1. The Hall–Kier alpha value is -1.19. The molecule has 0 aromatic carbocycles. The fraction of sp³-hybridized carbons (Fsp3) is 0.500. The Balaban J connectivity index is 2.88. The van der Waals surface area contributed by atoms with Gasteiger partial charge in [0.05, 0.1) is 0 Å². The summed E-state index contributed by atoms with van der Waals surface area (Å²) in [6, 6.07) is 0. The third kappa shape index (κ3) is 1.21. The van der Waals surface area contributed by atoms with E-state index in [2.05, 4.69) is 15.2 Å². The van der Waals surface area contributed by atoms with Crippen molar-refractivity contribution in [3.8, 4) is 0 Å². The summed E-state index contributed by atoms with van der Waals surface area (Å²) in [4.78, 5) is 12.9. The van der Waals surface area contributed by atoms with Crippen molar-refractivity contribution in [2.24, 2.45) is 0 Å². The van der Waals surface area contributed by atoms with Gasteiger partial charge in [-0.25, -0.2) is 0 Å². The summed E-state index contributed by atoms with van der Waals surface area (Å²) in [7, 11) is 0. The lowest BCUT2D eigenvalue weighted by atomic mass is 10.2. The molecule has 10 heavy (non-hydrogen) atoms. The van der Waals surface area contributed by atoms with E-state index >= 15 is 0 Å². The summed E-state index contributed by atoms with van der Waals surface area (Å²) >= 11 is 0. The molecule has 4 nitrogen and oxygen atoms in total. The maximum Gasteiger partial charge on any atom is 0.194 e. The van der Waals surface area contributed by atoms with Gasteiger partial charge in [-0.1, -0.05) is 13.8 Å². The number of nitrogens with one attached hydrogen (secondary N) is 1. The lowest BCUT2D eigenvalue weighted by Crippen LogP contribution is -1.89. The highest BCUT2D eigenvalue weighted by Gasteiger charge is 2.03. The van der Waals surface area contributed by atoms with Gasteiger partial charge in [-0.05, 0) is 0 Å². The van der Waals surface area contributed by atoms with E-state index in [4.69, 9.17) is 0 Å². The van der Waals surface area contributed by atoms with Crippen LogP contribution in [0.1, 0.15) is 36.2 Å². The number of H-pyrrole nitrogens is 1. The van der Waals surface area contributed by atoms with Gasteiger partial charge in [0, 0.05) is 5.92 Å². The second-order valence-corrected chi connectivity index (χ2v) is 2.37. The summed E-state index contributed by atoms with van der Waals surface area (Å²) < 4.78 is 0. The minimum atomic E-state index is 0.293. The number of hydrogen-bond acceptors (Lipinski definition) is 3. The summed E-state index contributed by atoms with van der Waals surface area (Å²) in [5.41, 5.74) is 0. The van der Waals surface area contributed by atoms with E-state index in [0.29, 0.717) is 18.0 Å². The van der Waals surface area contributed by atoms with Crippen LogP contribution in [0.2, 0.25) is 0 Å². The second kappa shape index (κ2) is 2.60. The lowest BCUT2D eigenvalue weighted by Gasteiger charge is -1.93. The first-order valence-corrected chi connectivity index (χ1v) is 3.11. The molecule has 0 fully saturated rings. The molecule has 4 heteroatoms. The standard InChI is InChI=1S/C6H9N3O/c1-4(2)6-7-5(3-10)8-9-6/h3-4H,1-2H3,(H,7,8,9). The third-order valence-corrected chi connectivity index (χ3v) is 1.18. The van der Waals surface area contributed by atoms with Crippen molar-refractivity contribution < 1.29 is 4.79 Å².